The predicted octanol–water partition coefficient (Wildman–Crippen LogP) is 1.13. The third-order valence-electron chi connectivity index (χ3n) is 3.13. The van der Waals surface area contributed by atoms with Crippen LogP contribution in [0.2, 0.25) is 0 Å². The highest BCUT2D eigenvalue weighted by Gasteiger charge is 2.41. The third-order valence-corrected chi connectivity index (χ3v) is 3.13. The molecule has 11 heavy (non-hydrogen) atoms. The fourth-order valence-electron chi connectivity index (χ4n) is 2.56. The molecule has 2 rings (SSSR count). The van der Waals surface area contributed by atoms with Crippen molar-refractivity contribution in [3.63, 3.8) is 0 Å². The van der Waals surface area contributed by atoms with Crippen molar-refractivity contribution in [2.45, 2.75) is 38.2 Å². The van der Waals surface area contributed by atoms with Crippen molar-refractivity contribution < 1.29 is 9.90 Å². The van der Waals surface area contributed by atoms with E-state index in [1.807, 2.05) is 0 Å². The summed E-state index contributed by atoms with van der Waals surface area (Å²) in [5.41, 5.74) is 0. The minimum absolute atomic E-state index is 0.0174. The van der Waals surface area contributed by atoms with Crippen LogP contribution >= 0.6 is 0 Å². The van der Waals surface area contributed by atoms with Crippen LogP contribution in [0, 0.1) is 11.8 Å². The van der Waals surface area contributed by atoms with E-state index in [4.69, 9.17) is 0 Å². The first kappa shape index (κ1) is 7.29. The fourth-order valence-corrected chi connectivity index (χ4v) is 2.56. The second-order valence-corrected chi connectivity index (χ2v) is 3.79. The Balaban J connectivity index is 2.14. The first-order chi connectivity index (χ1) is 5.29. The van der Waals surface area contributed by atoms with Gasteiger partial charge in [0.2, 0.25) is 0 Å². The van der Waals surface area contributed by atoms with Crippen LogP contribution in [0.5, 0.6) is 0 Å². The molecule has 0 unspecified atom stereocenters. The van der Waals surface area contributed by atoms with E-state index in [-0.39, 0.29) is 12.0 Å². The topological polar surface area (TPSA) is 37.3 Å². The van der Waals surface area contributed by atoms with Gasteiger partial charge in [-0.25, -0.2) is 0 Å². The van der Waals surface area contributed by atoms with E-state index in [0.29, 0.717) is 18.1 Å². The minimum atomic E-state index is -0.312. The molecule has 0 heterocycles. The highest BCUT2D eigenvalue weighted by Crippen LogP contribution is 2.40. The summed E-state index contributed by atoms with van der Waals surface area (Å²) in [6, 6.07) is 0. The summed E-state index contributed by atoms with van der Waals surface area (Å²) in [5.74, 6) is 0.848. The number of fused-ring (bicyclic) bond motifs is 1. The molecule has 0 aromatic rings. The zero-order valence-electron chi connectivity index (χ0n) is 6.62. The van der Waals surface area contributed by atoms with Crippen LogP contribution in [0.4, 0.5) is 0 Å². The van der Waals surface area contributed by atoms with Gasteiger partial charge in [0.1, 0.15) is 5.78 Å². The molecule has 0 bridgehead atoms. The quantitative estimate of drug-likeness (QED) is 0.568. The second-order valence-electron chi connectivity index (χ2n) is 3.79. The zero-order valence-corrected chi connectivity index (χ0v) is 6.62. The highest BCUT2D eigenvalue weighted by atomic mass is 16.3. The standard InChI is InChI=1S/C9H14O2/c10-7-3-1-2-6-4-5-8(11)9(6)7/h6,8-9,11H,1-5H2/t6-,8+,9-/m0/s1. The zero-order chi connectivity index (χ0) is 7.84. The van der Waals surface area contributed by atoms with Crippen molar-refractivity contribution >= 4 is 5.78 Å². The molecular formula is C9H14O2. The Morgan fingerprint density at radius 3 is 2.82 bits per heavy atom. The van der Waals surface area contributed by atoms with Crippen molar-refractivity contribution in [1.29, 1.82) is 0 Å². The number of carbonyl (C=O) groups excluding carboxylic acids is 1. The Hall–Kier alpha value is -0.370. The molecule has 0 saturated heterocycles. The van der Waals surface area contributed by atoms with Crippen molar-refractivity contribution in [3.05, 3.63) is 0 Å². The normalized spacial score (nSPS) is 44.1. The average Bonchev–Trinajstić information content (AvgIpc) is 2.34. The van der Waals surface area contributed by atoms with E-state index in [1.165, 1.54) is 0 Å². The highest BCUT2D eigenvalue weighted by molar-refractivity contribution is 5.82. The van der Waals surface area contributed by atoms with E-state index in [1.54, 1.807) is 0 Å². The molecule has 2 saturated carbocycles. The molecule has 0 spiro atoms. The molecule has 3 atom stereocenters. The van der Waals surface area contributed by atoms with Gasteiger partial charge in [-0.3, -0.25) is 4.79 Å². The largest absolute Gasteiger partial charge is 0.392 e. The van der Waals surface area contributed by atoms with Crippen LogP contribution in [-0.2, 0) is 4.79 Å². The maximum atomic E-state index is 11.3. The molecule has 2 heteroatoms. The van der Waals surface area contributed by atoms with Gasteiger partial charge in [-0.15, -0.1) is 0 Å². The number of aliphatic hydroxyl groups excluding tert-OH is 1. The summed E-state index contributed by atoms with van der Waals surface area (Å²) in [5, 5.41) is 9.47. The second kappa shape index (κ2) is 2.59. The van der Waals surface area contributed by atoms with Crippen molar-refractivity contribution in [2.24, 2.45) is 11.8 Å². The summed E-state index contributed by atoms with van der Waals surface area (Å²) >= 11 is 0. The molecule has 2 nitrogen and oxygen atoms in total. The molecule has 0 aromatic heterocycles. The van der Waals surface area contributed by atoms with Crippen LogP contribution in [0.3, 0.4) is 0 Å². The lowest BCUT2D eigenvalue weighted by Gasteiger charge is -2.25. The van der Waals surface area contributed by atoms with Gasteiger partial charge in [0.05, 0.1) is 6.10 Å². The maximum Gasteiger partial charge on any atom is 0.138 e. The average molecular weight is 154 g/mol. The van der Waals surface area contributed by atoms with E-state index in [0.717, 1.165) is 25.7 Å². The molecule has 0 aromatic carbocycles. The summed E-state index contributed by atoms with van der Waals surface area (Å²) in [4.78, 5) is 11.3. The predicted molar refractivity (Wildman–Crippen MR) is 41.1 cm³/mol. The lowest BCUT2D eigenvalue weighted by molar-refractivity contribution is -0.128. The van der Waals surface area contributed by atoms with Gasteiger partial charge in [-0.1, -0.05) is 0 Å². The molecule has 62 valence electrons. The summed E-state index contributed by atoms with van der Waals surface area (Å²) in [6.07, 6.45) is 4.52. The smallest absolute Gasteiger partial charge is 0.138 e. The van der Waals surface area contributed by atoms with Crippen LogP contribution in [0.1, 0.15) is 32.1 Å². The van der Waals surface area contributed by atoms with Gasteiger partial charge in [0.25, 0.3) is 0 Å². The number of aliphatic hydroxyl groups is 1. The number of Topliss-reactive ketones (excluding diaryl/α,β-unsaturated/α-hetero) is 1. The summed E-state index contributed by atoms with van der Waals surface area (Å²) in [6.45, 7) is 0. The van der Waals surface area contributed by atoms with Gasteiger partial charge in [-0.05, 0) is 31.6 Å². The lowest BCUT2D eigenvalue weighted by Crippen LogP contribution is -2.31. The third kappa shape index (κ3) is 1.09. The van der Waals surface area contributed by atoms with Crippen LogP contribution in [0.25, 0.3) is 0 Å². The van der Waals surface area contributed by atoms with Gasteiger partial charge in [-0.2, -0.15) is 0 Å². The Bertz CT molecular complexity index is 174. The Morgan fingerprint density at radius 2 is 2.09 bits per heavy atom. The Kier molecular flexibility index (Phi) is 1.72. The van der Waals surface area contributed by atoms with E-state index in [2.05, 4.69) is 0 Å². The van der Waals surface area contributed by atoms with Crippen LogP contribution in [-0.4, -0.2) is 17.0 Å². The Morgan fingerprint density at radius 1 is 1.27 bits per heavy atom. The molecule has 0 amide bonds. The molecule has 2 fully saturated rings. The Labute approximate surface area is 66.6 Å². The number of ketones is 1. The number of hydrogen-bond donors (Lipinski definition) is 1. The van der Waals surface area contributed by atoms with E-state index >= 15 is 0 Å². The lowest BCUT2D eigenvalue weighted by atomic mass is 9.80. The van der Waals surface area contributed by atoms with Crippen molar-refractivity contribution in [1.82, 2.24) is 0 Å². The van der Waals surface area contributed by atoms with Gasteiger partial charge in [0, 0.05) is 12.3 Å². The molecule has 0 aliphatic heterocycles. The molecule has 2 aliphatic rings. The van der Waals surface area contributed by atoms with E-state index in [9.17, 15) is 9.90 Å². The van der Waals surface area contributed by atoms with Gasteiger partial charge >= 0.3 is 0 Å². The number of hydrogen-bond acceptors (Lipinski definition) is 2. The molecular weight excluding hydrogens is 140 g/mol. The number of rotatable bonds is 0. The van der Waals surface area contributed by atoms with Gasteiger partial charge < -0.3 is 5.11 Å². The van der Waals surface area contributed by atoms with Crippen molar-refractivity contribution in [3.8, 4) is 0 Å². The van der Waals surface area contributed by atoms with Crippen molar-refractivity contribution in [2.75, 3.05) is 0 Å². The molecule has 0 radical (unpaired) electrons. The monoisotopic (exact) mass is 154 g/mol. The first-order valence-corrected chi connectivity index (χ1v) is 4.50. The minimum Gasteiger partial charge on any atom is -0.392 e. The van der Waals surface area contributed by atoms with Crippen LogP contribution in [0.15, 0.2) is 0 Å². The van der Waals surface area contributed by atoms with Gasteiger partial charge in [0.15, 0.2) is 0 Å². The molecule has 2 aliphatic carbocycles. The number of carbonyl (C=O) groups is 1. The molecule has 1 N–H and O–H groups in total. The SMILES string of the molecule is O=C1CCC[C@H]2CC[C@@H](O)[C@H]12. The van der Waals surface area contributed by atoms with Crippen LogP contribution < -0.4 is 0 Å². The fraction of sp³-hybridized carbons (Fsp3) is 0.889. The maximum absolute atomic E-state index is 11.3. The summed E-state index contributed by atoms with van der Waals surface area (Å²) < 4.78 is 0. The summed E-state index contributed by atoms with van der Waals surface area (Å²) in [7, 11) is 0. The van der Waals surface area contributed by atoms with E-state index < -0.39 is 0 Å². The first-order valence-electron chi connectivity index (χ1n) is 4.50.